The topological polar surface area (TPSA) is 89.9 Å². The third kappa shape index (κ3) is 4.11. The maximum atomic E-state index is 12.1. The lowest BCUT2D eigenvalue weighted by Gasteiger charge is -2.27. The molecule has 1 heterocycles. The zero-order valence-electron chi connectivity index (χ0n) is 11.5. The molecular weight excluding hydrogens is 250 g/mol. The highest BCUT2D eigenvalue weighted by molar-refractivity contribution is 5.88. The zero-order valence-corrected chi connectivity index (χ0v) is 11.5. The fourth-order valence-corrected chi connectivity index (χ4v) is 2.00. The van der Waals surface area contributed by atoms with E-state index in [0.29, 0.717) is 13.0 Å². The molecule has 3 amide bonds. The summed E-state index contributed by atoms with van der Waals surface area (Å²) in [4.78, 5) is 37.3. The normalized spacial score (nSPS) is 18.8. The molecule has 0 spiro atoms. The van der Waals surface area contributed by atoms with Crippen molar-refractivity contribution in [1.82, 2.24) is 15.1 Å². The second-order valence-electron chi connectivity index (χ2n) is 4.98. The van der Waals surface area contributed by atoms with Gasteiger partial charge in [0.2, 0.25) is 5.91 Å². The number of nitrogens with zero attached hydrogens (tertiary/aromatic N) is 2. The molecule has 7 nitrogen and oxygen atoms in total. The summed E-state index contributed by atoms with van der Waals surface area (Å²) in [5.74, 6) is -1.05. The molecule has 0 saturated carbocycles. The number of likely N-dealkylation sites (tertiary alicyclic amines) is 1. The van der Waals surface area contributed by atoms with E-state index in [-0.39, 0.29) is 30.9 Å². The molecule has 0 aromatic heterocycles. The quantitative estimate of drug-likeness (QED) is 0.742. The van der Waals surface area contributed by atoms with Gasteiger partial charge in [0.05, 0.1) is 6.42 Å². The van der Waals surface area contributed by atoms with Gasteiger partial charge in [0.1, 0.15) is 6.04 Å². The maximum Gasteiger partial charge on any atom is 0.318 e. The fraction of sp³-hybridized carbons (Fsp3) is 0.750. The largest absolute Gasteiger partial charge is 0.481 e. The second-order valence-corrected chi connectivity index (χ2v) is 4.98. The van der Waals surface area contributed by atoms with Gasteiger partial charge in [-0.3, -0.25) is 9.59 Å². The molecule has 0 aliphatic carbocycles. The van der Waals surface area contributed by atoms with Gasteiger partial charge in [-0.15, -0.1) is 0 Å². The number of carbonyl (C=O) groups is 3. The number of carbonyl (C=O) groups excluding carboxylic acids is 2. The Morgan fingerprint density at radius 3 is 2.58 bits per heavy atom. The Labute approximate surface area is 112 Å². The molecule has 19 heavy (non-hydrogen) atoms. The van der Waals surface area contributed by atoms with Crippen molar-refractivity contribution in [2.24, 2.45) is 0 Å². The molecule has 1 aliphatic rings. The molecule has 1 fully saturated rings. The van der Waals surface area contributed by atoms with Crippen molar-refractivity contribution in [2.75, 3.05) is 20.1 Å². The molecule has 7 heteroatoms. The lowest BCUT2D eigenvalue weighted by atomic mass is 10.2. The number of amides is 3. The summed E-state index contributed by atoms with van der Waals surface area (Å²) in [5.41, 5.74) is 0. The van der Waals surface area contributed by atoms with E-state index < -0.39 is 12.0 Å². The van der Waals surface area contributed by atoms with E-state index in [1.54, 1.807) is 11.9 Å². The summed E-state index contributed by atoms with van der Waals surface area (Å²) in [6.07, 6.45) is 0.482. The number of aliphatic carboxylic acids is 1. The summed E-state index contributed by atoms with van der Waals surface area (Å²) in [7, 11) is 1.69. The molecule has 0 radical (unpaired) electrons. The highest BCUT2D eigenvalue weighted by Crippen LogP contribution is 2.10. The maximum absolute atomic E-state index is 12.1. The Hall–Kier alpha value is -1.79. The van der Waals surface area contributed by atoms with Crippen molar-refractivity contribution in [1.29, 1.82) is 0 Å². The van der Waals surface area contributed by atoms with E-state index in [0.717, 1.165) is 0 Å². The Morgan fingerprint density at radius 2 is 2.16 bits per heavy atom. The predicted molar refractivity (Wildman–Crippen MR) is 68.7 cm³/mol. The first-order chi connectivity index (χ1) is 8.82. The molecular formula is C12H21N3O4. The number of likely N-dealkylation sites (N-methyl/N-ethyl adjacent to an activating group) is 1. The van der Waals surface area contributed by atoms with E-state index in [1.165, 1.54) is 4.90 Å². The number of hydrogen-bond donors (Lipinski definition) is 2. The van der Waals surface area contributed by atoms with Gasteiger partial charge in [-0.05, 0) is 20.3 Å². The van der Waals surface area contributed by atoms with Gasteiger partial charge in [0, 0.05) is 26.2 Å². The number of carboxylic acids is 1. The van der Waals surface area contributed by atoms with Gasteiger partial charge >= 0.3 is 12.0 Å². The highest BCUT2D eigenvalue weighted by atomic mass is 16.4. The van der Waals surface area contributed by atoms with Crippen LogP contribution in [0.15, 0.2) is 0 Å². The van der Waals surface area contributed by atoms with Gasteiger partial charge < -0.3 is 20.2 Å². The van der Waals surface area contributed by atoms with Crippen LogP contribution in [-0.4, -0.2) is 65.0 Å². The van der Waals surface area contributed by atoms with Crippen LogP contribution in [0.4, 0.5) is 4.79 Å². The van der Waals surface area contributed by atoms with Gasteiger partial charge in [0.15, 0.2) is 0 Å². The monoisotopic (exact) mass is 271 g/mol. The van der Waals surface area contributed by atoms with Crippen LogP contribution in [0.2, 0.25) is 0 Å². The summed E-state index contributed by atoms with van der Waals surface area (Å²) in [5, 5.41) is 11.3. The van der Waals surface area contributed by atoms with Crippen LogP contribution in [0.5, 0.6) is 0 Å². The first-order valence-electron chi connectivity index (χ1n) is 6.36. The van der Waals surface area contributed by atoms with Crippen molar-refractivity contribution in [3.8, 4) is 0 Å². The van der Waals surface area contributed by atoms with E-state index in [4.69, 9.17) is 5.11 Å². The van der Waals surface area contributed by atoms with E-state index >= 15 is 0 Å². The van der Waals surface area contributed by atoms with Gasteiger partial charge in [0.25, 0.3) is 0 Å². The number of nitrogens with one attached hydrogen (secondary N) is 1. The van der Waals surface area contributed by atoms with Gasteiger partial charge in [-0.25, -0.2) is 4.79 Å². The van der Waals surface area contributed by atoms with E-state index in [1.807, 2.05) is 13.8 Å². The fourth-order valence-electron chi connectivity index (χ4n) is 2.00. The first kappa shape index (κ1) is 15.3. The van der Waals surface area contributed by atoms with Crippen molar-refractivity contribution >= 4 is 17.9 Å². The van der Waals surface area contributed by atoms with Crippen LogP contribution in [0, 0.1) is 0 Å². The SMILES string of the molecule is CC(C)N(CCC(=O)O)C(=O)NC1CCN(C)C1=O. The smallest absolute Gasteiger partial charge is 0.318 e. The first-order valence-corrected chi connectivity index (χ1v) is 6.36. The molecule has 1 unspecified atom stereocenters. The molecule has 0 bridgehead atoms. The van der Waals surface area contributed by atoms with Crippen LogP contribution >= 0.6 is 0 Å². The minimum atomic E-state index is -0.949. The Kier molecular flexibility index (Phi) is 5.14. The second kappa shape index (κ2) is 6.40. The van der Waals surface area contributed by atoms with Crippen LogP contribution in [0.25, 0.3) is 0 Å². The van der Waals surface area contributed by atoms with Crippen molar-refractivity contribution < 1.29 is 19.5 Å². The molecule has 1 atom stereocenters. The van der Waals surface area contributed by atoms with Gasteiger partial charge in [-0.1, -0.05) is 0 Å². The molecule has 1 aliphatic heterocycles. The number of urea groups is 1. The average molecular weight is 271 g/mol. The minimum absolute atomic E-state index is 0.102. The number of hydrogen-bond acceptors (Lipinski definition) is 3. The number of rotatable bonds is 5. The van der Waals surface area contributed by atoms with Gasteiger partial charge in [-0.2, -0.15) is 0 Å². The van der Waals surface area contributed by atoms with Crippen molar-refractivity contribution in [3.63, 3.8) is 0 Å². The molecule has 2 N–H and O–H groups in total. The van der Waals surface area contributed by atoms with E-state index in [9.17, 15) is 14.4 Å². The standard InChI is InChI=1S/C12H21N3O4/c1-8(2)15(7-5-10(16)17)12(19)13-9-4-6-14(3)11(9)18/h8-9H,4-7H2,1-3H3,(H,13,19)(H,16,17). The molecule has 0 aromatic rings. The molecule has 0 aromatic carbocycles. The van der Waals surface area contributed by atoms with Crippen LogP contribution in [-0.2, 0) is 9.59 Å². The lowest BCUT2D eigenvalue weighted by molar-refractivity contribution is -0.137. The zero-order chi connectivity index (χ0) is 14.6. The predicted octanol–water partition coefficient (Wildman–Crippen LogP) is 0.112. The van der Waals surface area contributed by atoms with Crippen molar-refractivity contribution in [2.45, 2.75) is 38.8 Å². The summed E-state index contributed by atoms with van der Waals surface area (Å²) < 4.78 is 0. The molecule has 108 valence electrons. The summed E-state index contributed by atoms with van der Waals surface area (Å²) in [6.45, 7) is 4.38. The third-order valence-corrected chi connectivity index (χ3v) is 3.18. The van der Waals surface area contributed by atoms with Crippen LogP contribution in [0.1, 0.15) is 26.7 Å². The Bertz CT molecular complexity index is 370. The van der Waals surface area contributed by atoms with Crippen LogP contribution in [0.3, 0.4) is 0 Å². The summed E-state index contributed by atoms with van der Waals surface area (Å²) in [6, 6.07) is -0.998. The minimum Gasteiger partial charge on any atom is -0.481 e. The van der Waals surface area contributed by atoms with Crippen molar-refractivity contribution in [3.05, 3.63) is 0 Å². The third-order valence-electron chi connectivity index (χ3n) is 3.18. The van der Waals surface area contributed by atoms with Crippen LogP contribution < -0.4 is 5.32 Å². The number of carboxylic acid groups (broad SMARTS) is 1. The highest BCUT2D eigenvalue weighted by Gasteiger charge is 2.31. The molecule has 1 saturated heterocycles. The summed E-state index contributed by atoms with van der Waals surface area (Å²) >= 11 is 0. The average Bonchev–Trinajstić information content (AvgIpc) is 2.60. The Morgan fingerprint density at radius 1 is 1.53 bits per heavy atom. The Balaban J connectivity index is 2.57. The lowest BCUT2D eigenvalue weighted by Crippen LogP contribution is -2.50. The van der Waals surface area contributed by atoms with E-state index in [2.05, 4.69) is 5.32 Å². The molecule has 1 rings (SSSR count).